The van der Waals surface area contributed by atoms with Crippen LogP contribution in [0.25, 0.3) is 0 Å². The Morgan fingerprint density at radius 2 is 1.92 bits per heavy atom. The Balaban J connectivity index is 1.38. The first-order valence-corrected chi connectivity index (χ1v) is 12.6. The van der Waals surface area contributed by atoms with E-state index in [2.05, 4.69) is 40.2 Å². The number of ether oxygens (including phenoxy) is 1. The molecule has 0 bridgehead atoms. The van der Waals surface area contributed by atoms with Crippen LogP contribution in [-0.4, -0.2) is 30.9 Å². The van der Waals surface area contributed by atoms with Crippen molar-refractivity contribution in [2.24, 2.45) is 0 Å². The van der Waals surface area contributed by atoms with Crippen molar-refractivity contribution in [3.63, 3.8) is 0 Å². The molecule has 0 saturated carbocycles. The SMILES string of the molecule is Cc1ccc2c(n1)CI(C1CCN(Cc3ccccc3)CC1)C(=O)O2. The van der Waals surface area contributed by atoms with Gasteiger partial charge in [0.1, 0.15) is 0 Å². The molecule has 25 heavy (non-hydrogen) atoms. The molecule has 4 rings (SSSR count). The van der Waals surface area contributed by atoms with Crippen molar-refractivity contribution < 1.29 is 9.53 Å². The number of rotatable bonds is 3. The predicted molar refractivity (Wildman–Crippen MR) is 107 cm³/mol. The van der Waals surface area contributed by atoms with E-state index in [0.29, 0.717) is 9.67 Å². The van der Waals surface area contributed by atoms with Crippen molar-refractivity contribution in [2.45, 2.75) is 34.7 Å². The van der Waals surface area contributed by atoms with Gasteiger partial charge in [-0.25, -0.2) is 0 Å². The van der Waals surface area contributed by atoms with Gasteiger partial charge in [-0.1, -0.05) is 0 Å². The maximum atomic E-state index is 12.5. The fourth-order valence-electron chi connectivity index (χ4n) is 3.51. The van der Waals surface area contributed by atoms with Crippen LogP contribution < -0.4 is 4.74 Å². The summed E-state index contributed by atoms with van der Waals surface area (Å²) in [6.45, 7) is 5.16. The first kappa shape index (κ1) is 17.0. The van der Waals surface area contributed by atoms with Crippen molar-refractivity contribution in [3.8, 4) is 5.75 Å². The molecule has 2 aliphatic rings. The minimum atomic E-state index is -1.82. The van der Waals surface area contributed by atoms with E-state index >= 15 is 0 Å². The number of nitrogens with zero attached hydrogens (tertiary/aromatic N) is 2. The van der Waals surface area contributed by atoms with Gasteiger partial charge in [-0.05, 0) is 0 Å². The molecule has 0 aliphatic carbocycles. The average Bonchev–Trinajstić information content (AvgIpc) is 2.63. The summed E-state index contributed by atoms with van der Waals surface area (Å²) in [4.78, 5) is 19.6. The van der Waals surface area contributed by atoms with Crippen molar-refractivity contribution in [2.75, 3.05) is 13.1 Å². The second kappa shape index (κ2) is 7.41. The van der Waals surface area contributed by atoms with E-state index in [-0.39, 0.29) is 3.98 Å². The molecule has 0 atom stereocenters. The van der Waals surface area contributed by atoms with Crippen molar-refractivity contribution >= 4 is 23.8 Å². The Morgan fingerprint density at radius 1 is 1.16 bits per heavy atom. The van der Waals surface area contributed by atoms with Crippen molar-refractivity contribution in [1.82, 2.24) is 9.88 Å². The summed E-state index contributed by atoms with van der Waals surface area (Å²) < 4.78 is 7.15. The van der Waals surface area contributed by atoms with Crippen LogP contribution in [0.5, 0.6) is 5.75 Å². The molecule has 1 aromatic heterocycles. The normalized spacial score (nSPS) is 20.2. The van der Waals surface area contributed by atoms with Crippen LogP contribution in [0.4, 0.5) is 4.79 Å². The standard InChI is InChI=1S/C20H23IN2O2/c1-15-7-8-19-18(22-15)13-21(20(24)25-19)17-9-11-23(12-10-17)14-16-5-3-2-4-6-16/h2-8,17H,9-14H2,1H3. The van der Waals surface area contributed by atoms with Crippen LogP contribution in [0.3, 0.4) is 0 Å². The average molecular weight is 450 g/mol. The predicted octanol–water partition coefficient (Wildman–Crippen LogP) is 4.57. The maximum absolute atomic E-state index is 12.5. The molecule has 1 fully saturated rings. The molecular formula is C20H23IN2O2. The molecule has 1 saturated heterocycles. The molecule has 4 nitrogen and oxygen atoms in total. The number of halogens is 1. The van der Waals surface area contributed by atoms with E-state index in [1.54, 1.807) is 0 Å². The number of likely N-dealkylation sites (tertiary alicyclic amines) is 1. The van der Waals surface area contributed by atoms with E-state index in [9.17, 15) is 4.79 Å². The third-order valence-electron chi connectivity index (χ3n) is 4.87. The number of carbonyl (C=O) groups is 1. The fourth-order valence-corrected chi connectivity index (χ4v) is 9.07. The number of alkyl halides is 2. The van der Waals surface area contributed by atoms with Gasteiger partial charge < -0.3 is 0 Å². The number of benzene rings is 1. The van der Waals surface area contributed by atoms with Crippen LogP contribution in [-0.2, 0) is 11.0 Å². The third-order valence-corrected chi connectivity index (χ3v) is 11.1. The second-order valence-electron chi connectivity index (χ2n) is 6.70. The molecule has 1 aromatic carbocycles. The van der Waals surface area contributed by atoms with Crippen LogP contribution >= 0.6 is 19.8 Å². The Morgan fingerprint density at radius 3 is 2.68 bits per heavy atom. The Kier molecular flexibility index (Phi) is 5.03. The summed E-state index contributed by atoms with van der Waals surface area (Å²) in [6.07, 6.45) is 2.24. The first-order valence-electron chi connectivity index (χ1n) is 8.78. The summed E-state index contributed by atoms with van der Waals surface area (Å²) in [5.41, 5.74) is 3.38. The third kappa shape index (κ3) is 3.87. The summed E-state index contributed by atoms with van der Waals surface area (Å²) >= 11 is -1.82. The molecular weight excluding hydrogens is 427 g/mol. The number of aryl methyl sites for hydroxylation is 1. The molecule has 0 amide bonds. The Hall–Kier alpha value is -1.47. The van der Waals surface area contributed by atoms with Crippen LogP contribution in [0, 0.1) is 6.92 Å². The monoisotopic (exact) mass is 450 g/mol. The van der Waals surface area contributed by atoms with Gasteiger partial charge in [0, 0.05) is 0 Å². The van der Waals surface area contributed by atoms with Crippen LogP contribution in [0.15, 0.2) is 42.5 Å². The molecule has 2 aliphatic heterocycles. The fraction of sp³-hybridized carbons (Fsp3) is 0.400. The number of carbonyl (C=O) groups excluding carboxylic acids is 1. The molecule has 0 N–H and O–H groups in total. The van der Waals surface area contributed by atoms with E-state index in [0.717, 1.165) is 48.3 Å². The van der Waals surface area contributed by atoms with E-state index in [4.69, 9.17) is 4.74 Å². The van der Waals surface area contributed by atoms with Crippen LogP contribution in [0.1, 0.15) is 29.8 Å². The summed E-state index contributed by atoms with van der Waals surface area (Å²) in [7, 11) is 0. The zero-order chi connectivity index (χ0) is 17.2. The number of fused-ring (bicyclic) bond motifs is 1. The summed E-state index contributed by atoms with van der Waals surface area (Å²) in [5, 5.41) is 0. The number of aromatic nitrogens is 1. The van der Waals surface area contributed by atoms with Crippen LogP contribution in [0.2, 0.25) is 0 Å². The Labute approximate surface area is 156 Å². The molecule has 2 aromatic rings. The zero-order valence-corrected chi connectivity index (χ0v) is 16.6. The van der Waals surface area contributed by atoms with Gasteiger partial charge in [-0.2, -0.15) is 0 Å². The van der Waals surface area contributed by atoms with Gasteiger partial charge in [0.2, 0.25) is 0 Å². The van der Waals surface area contributed by atoms with Gasteiger partial charge in [-0.15, -0.1) is 0 Å². The number of piperidine rings is 1. The topological polar surface area (TPSA) is 42.4 Å². The number of pyridine rings is 1. The van der Waals surface area contributed by atoms with Gasteiger partial charge in [-0.3, -0.25) is 0 Å². The van der Waals surface area contributed by atoms with E-state index < -0.39 is 19.8 Å². The van der Waals surface area contributed by atoms with Gasteiger partial charge in [0.05, 0.1) is 0 Å². The number of hydrogen-bond donors (Lipinski definition) is 0. The Bertz CT molecular complexity index is 758. The van der Waals surface area contributed by atoms with Gasteiger partial charge >= 0.3 is 156 Å². The minimum absolute atomic E-state index is 0.0869. The van der Waals surface area contributed by atoms with Gasteiger partial charge in [0.25, 0.3) is 0 Å². The molecule has 0 spiro atoms. The summed E-state index contributed by atoms with van der Waals surface area (Å²) in [5.74, 6) is 0.686. The van der Waals surface area contributed by atoms with Crippen molar-refractivity contribution in [1.29, 1.82) is 0 Å². The molecule has 5 heteroatoms. The first-order chi connectivity index (χ1) is 12.2. The zero-order valence-electron chi connectivity index (χ0n) is 14.5. The molecule has 0 radical (unpaired) electrons. The quantitative estimate of drug-likeness (QED) is 0.390. The van der Waals surface area contributed by atoms with Gasteiger partial charge in [0.15, 0.2) is 0 Å². The second-order valence-corrected chi connectivity index (χ2v) is 12.4. The van der Waals surface area contributed by atoms with Crippen molar-refractivity contribution in [3.05, 3.63) is 59.4 Å². The van der Waals surface area contributed by atoms with E-state index in [1.807, 2.05) is 19.1 Å². The number of hydrogen-bond acceptors (Lipinski definition) is 4. The molecule has 132 valence electrons. The van der Waals surface area contributed by atoms with E-state index in [1.165, 1.54) is 5.56 Å². The summed E-state index contributed by atoms with van der Waals surface area (Å²) in [6, 6.07) is 14.4. The molecule has 3 heterocycles. The molecule has 0 unspecified atom stereocenters.